The summed E-state index contributed by atoms with van der Waals surface area (Å²) in [4.78, 5) is 14.1. The van der Waals surface area contributed by atoms with Crippen LogP contribution in [0.4, 0.5) is 5.69 Å². The number of benzene rings is 1. The molecule has 7 heteroatoms. The first-order valence-corrected chi connectivity index (χ1v) is 8.12. The molecule has 1 aromatic carbocycles. The topological polar surface area (TPSA) is 75.1 Å². The van der Waals surface area contributed by atoms with Gasteiger partial charge in [0, 0.05) is 19.3 Å². The van der Waals surface area contributed by atoms with Gasteiger partial charge in [0.25, 0.3) is 0 Å². The smallest absolute Gasteiger partial charge is 0.238 e. The Kier molecular flexibility index (Phi) is 6.45. The summed E-state index contributed by atoms with van der Waals surface area (Å²) in [5.74, 6) is 1.66. The van der Waals surface area contributed by atoms with E-state index in [4.69, 9.17) is 0 Å². The average molecular weight is 330 g/mol. The molecule has 0 saturated carbocycles. The van der Waals surface area contributed by atoms with Gasteiger partial charge >= 0.3 is 0 Å². The number of amides is 1. The summed E-state index contributed by atoms with van der Waals surface area (Å²) >= 11 is 0. The maximum atomic E-state index is 12.2. The molecule has 2 rings (SSSR count). The number of rotatable bonds is 8. The highest BCUT2D eigenvalue weighted by Crippen LogP contribution is 2.11. The predicted octanol–water partition coefficient (Wildman–Crippen LogP) is 1.30. The third-order valence-electron chi connectivity index (χ3n) is 3.80. The Balaban J connectivity index is 1.87. The van der Waals surface area contributed by atoms with E-state index in [-0.39, 0.29) is 5.91 Å². The van der Waals surface area contributed by atoms with Crippen molar-refractivity contribution in [1.82, 2.24) is 25.0 Å². The first-order chi connectivity index (χ1) is 11.5. The van der Waals surface area contributed by atoms with Crippen LogP contribution in [0.3, 0.4) is 0 Å². The minimum absolute atomic E-state index is 0.0445. The van der Waals surface area contributed by atoms with E-state index < -0.39 is 0 Å². The van der Waals surface area contributed by atoms with Crippen molar-refractivity contribution in [2.24, 2.45) is 7.05 Å². The molecule has 130 valence electrons. The number of carbonyl (C=O) groups excluding carboxylic acids is 1. The van der Waals surface area contributed by atoms with Gasteiger partial charge in [-0.25, -0.2) is 0 Å². The molecule has 1 heterocycles. The van der Waals surface area contributed by atoms with E-state index in [1.807, 2.05) is 54.8 Å². The van der Waals surface area contributed by atoms with Gasteiger partial charge in [0.15, 0.2) is 0 Å². The van der Waals surface area contributed by atoms with Gasteiger partial charge in [0.1, 0.15) is 11.6 Å². The standard InChI is InChI=1S/C17H26N6O/c1-5-18-10-14-7-6-8-15(9-14)19-17(24)12-22(3)11-16-21-20-13(2)23(16)4/h6-9,18H,5,10-12H2,1-4H3,(H,19,24). The Morgan fingerprint density at radius 1 is 1.33 bits per heavy atom. The van der Waals surface area contributed by atoms with Gasteiger partial charge in [-0.3, -0.25) is 9.69 Å². The van der Waals surface area contributed by atoms with Crippen LogP contribution < -0.4 is 10.6 Å². The molecule has 0 radical (unpaired) electrons. The van der Waals surface area contributed by atoms with Crippen molar-refractivity contribution >= 4 is 11.6 Å². The predicted molar refractivity (Wildman–Crippen MR) is 94.5 cm³/mol. The summed E-state index contributed by atoms with van der Waals surface area (Å²) in [6, 6.07) is 7.89. The zero-order valence-corrected chi connectivity index (χ0v) is 14.8. The van der Waals surface area contributed by atoms with Gasteiger partial charge in [-0.05, 0) is 38.2 Å². The van der Waals surface area contributed by atoms with Gasteiger partial charge < -0.3 is 15.2 Å². The largest absolute Gasteiger partial charge is 0.325 e. The summed E-state index contributed by atoms with van der Waals surface area (Å²) in [5, 5.41) is 14.4. The third kappa shape index (κ3) is 5.14. The second-order valence-electron chi connectivity index (χ2n) is 5.92. The van der Waals surface area contributed by atoms with Crippen LogP contribution in [0.15, 0.2) is 24.3 Å². The zero-order chi connectivity index (χ0) is 17.5. The van der Waals surface area contributed by atoms with Crippen LogP contribution in [-0.4, -0.2) is 45.7 Å². The van der Waals surface area contributed by atoms with Crippen molar-refractivity contribution < 1.29 is 4.79 Å². The monoisotopic (exact) mass is 330 g/mol. The number of anilines is 1. The van der Waals surface area contributed by atoms with Gasteiger partial charge in [0.2, 0.25) is 5.91 Å². The molecule has 0 unspecified atom stereocenters. The van der Waals surface area contributed by atoms with Crippen LogP contribution in [0.5, 0.6) is 0 Å². The summed E-state index contributed by atoms with van der Waals surface area (Å²) < 4.78 is 1.93. The lowest BCUT2D eigenvalue weighted by molar-refractivity contribution is -0.117. The van der Waals surface area contributed by atoms with Gasteiger partial charge in [-0.1, -0.05) is 19.1 Å². The Morgan fingerprint density at radius 3 is 2.79 bits per heavy atom. The van der Waals surface area contributed by atoms with Crippen molar-refractivity contribution in [2.45, 2.75) is 26.9 Å². The molecule has 2 aromatic rings. The Hall–Kier alpha value is -2.25. The molecule has 2 N–H and O–H groups in total. The average Bonchev–Trinajstić information content (AvgIpc) is 2.85. The fourth-order valence-corrected chi connectivity index (χ4v) is 2.36. The van der Waals surface area contributed by atoms with E-state index in [1.165, 1.54) is 0 Å². The Labute approximate surface area is 143 Å². The van der Waals surface area contributed by atoms with Crippen LogP contribution in [-0.2, 0) is 24.9 Å². The van der Waals surface area contributed by atoms with Crippen molar-refractivity contribution in [3.05, 3.63) is 41.5 Å². The first kappa shape index (κ1) is 18.1. The van der Waals surface area contributed by atoms with E-state index in [2.05, 4.69) is 27.8 Å². The molecule has 24 heavy (non-hydrogen) atoms. The third-order valence-corrected chi connectivity index (χ3v) is 3.80. The molecule has 1 amide bonds. The normalized spacial score (nSPS) is 11.0. The van der Waals surface area contributed by atoms with Gasteiger partial charge in [0.05, 0.1) is 13.1 Å². The highest BCUT2D eigenvalue weighted by atomic mass is 16.2. The number of aromatic nitrogens is 3. The van der Waals surface area contributed by atoms with Crippen molar-refractivity contribution in [2.75, 3.05) is 25.5 Å². The minimum Gasteiger partial charge on any atom is -0.325 e. The quantitative estimate of drug-likeness (QED) is 0.763. The zero-order valence-electron chi connectivity index (χ0n) is 14.8. The lowest BCUT2D eigenvalue weighted by Gasteiger charge is -2.16. The number of hydrogen-bond donors (Lipinski definition) is 2. The van der Waals surface area contributed by atoms with Crippen LogP contribution in [0.2, 0.25) is 0 Å². The van der Waals surface area contributed by atoms with Crippen molar-refractivity contribution in [3.63, 3.8) is 0 Å². The minimum atomic E-state index is -0.0445. The number of hydrogen-bond acceptors (Lipinski definition) is 5. The highest BCUT2D eigenvalue weighted by molar-refractivity contribution is 5.92. The number of carbonyl (C=O) groups is 1. The molecular formula is C17H26N6O. The molecular weight excluding hydrogens is 304 g/mol. The summed E-state index contributed by atoms with van der Waals surface area (Å²) in [6.07, 6.45) is 0. The van der Waals surface area contributed by atoms with E-state index in [1.54, 1.807) is 0 Å². The molecule has 0 aliphatic heterocycles. The summed E-state index contributed by atoms with van der Waals surface area (Å²) in [5.41, 5.74) is 1.97. The highest BCUT2D eigenvalue weighted by Gasteiger charge is 2.11. The lowest BCUT2D eigenvalue weighted by atomic mass is 10.2. The number of likely N-dealkylation sites (N-methyl/N-ethyl adjacent to an activating group) is 1. The molecule has 1 aromatic heterocycles. The first-order valence-electron chi connectivity index (χ1n) is 8.12. The Bertz CT molecular complexity index is 681. The molecule has 0 bridgehead atoms. The molecule has 7 nitrogen and oxygen atoms in total. The SMILES string of the molecule is CCNCc1cccc(NC(=O)CN(C)Cc2nnc(C)n2C)c1. The fourth-order valence-electron chi connectivity index (χ4n) is 2.36. The van der Waals surface area contributed by atoms with Crippen molar-refractivity contribution in [1.29, 1.82) is 0 Å². The molecule has 0 spiro atoms. The number of nitrogens with zero attached hydrogens (tertiary/aromatic N) is 4. The van der Waals surface area contributed by atoms with E-state index in [9.17, 15) is 4.79 Å². The van der Waals surface area contributed by atoms with Crippen LogP contribution >= 0.6 is 0 Å². The fraction of sp³-hybridized carbons (Fsp3) is 0.471. The maximum absolute atomic E-state index is 12.2. The van der Waals surface area contributed by atoms with Crippen molar-refractivity contribution in [3.8, 4) is 0 Å². The molecule has 0 aliphatic rings. The second-order valence-corrected chi connectivity index (χ2v) is 5.92. The van der Waals surface area contributed by atoms with Crippen LogP contribution in [0.25, 0.3) is 0 Å². The molecule has 0 aliphatic carbocycles. The van der Waals surface area contributed by atoms with Gasteiger partial charge in [-0.2, -0.15) is 0 Å². The number of nitrogens with one attached hydrogen (secondary N) is 2. The maximum Gasteiger partial charge on any atom is 0.238 e. The van der Waals surface area contributed by atoms with Crippen LogP contribution in [0.1, 0.15) is 24.1 Å². The molecule has 0 atom stereocenters. The number of aryl methyl sites for hydroxylation is 1. The van der Waals surface area contributed by atoms with E-state index in [0.717, 1.165) is 36.0 Å². The Morgan fingerprint density at radius 2 is 2.12 bits per heavy atom. The second kappa shape index (κ2) is 8.56. The molecule has 0 saturated heterocycles. The van der Waals surface area contributed by atoms with E-state index >= 15 is 0 Å². The van der Waals surface area contributed by atoms with E-state index in [0.29, 0.717) is 13.1 Å². The van der Waals surface area contributed by atoms with Crippen LogP contribution in [0, 0.1) is 6.92 Å². The summed E-state index contributed by atoms with van der Waals surface area (Å²) in [7, 11) is 3.82. The lowest BCUT2D eigenvalue weighted by Crippen LogP contribution is -2.30. The summed E-state index contributed by atoms with van der Waals surface area (Å²) in [6.45, 7) is 6.56. The van der Waals surface area contributed by atoms with Gasteiger partial charge in [-0.15, -0.1) is 10.2 Å². The molecule has 0 fully saturated rings.